The molecule has 0 unspecified atom stereocenters. The van der Waals surface area contributed by atoms with Crippen LogP contribution in [0.4, 0.5) is 0 Å². The maximum atomic E-state index is 12.3. The summed E-state index contributed by atoms with van der Waals surface area (Å²) < 4.78 is 5.75. The molecule has 0 saturated carbocycles. The number of H-pyrrole nitrogens is 1. The molecule has 5 rings (SSSR count). The third kappa shape index (κ3) is 4.20. The van der Waals surface area contributed by atoms with Gasteiger partial charge in [-0.05, 0) is 43.7 Å². The fraction of sp³-hybridized carbons (Fsp3) is 0.120. The number of benzene rings is 3. The maximum absolute atomic E-state index is 12.3. The Hall–Kier alpha value is -3.71. The number of thioether (sulfide) groups is 1. The van der Waals surface area contributed by atoms with Crippen molar-refractivity contribution in [3.8, 4) is 22.8 Å². The number of aromatic nitrogens is 4. The Labute approximate surface area is 189 Å². The van der Waals surface area contributed by atoms with Crippen molar-refractivity contribution in [2.45, 2.75) is 19.1 Å². The Morgan fingerprint density at radius 1 is 0.906 bits per heavy atom. The fourth-order valence-corrected chi connectivity index (χ4v) is 4.02. The second kappa shape index (κ2) is 8.43. The lowest BCUT2D eigenvalue weighted by Crippen LogP contribution is -2.02. The number of rotatable bonds is 6. The Kier molecular flexibility index (Phi) is 5.33. The Balaban J connectivity index is 1.27. The molecule has 7 heteroatoms. The van der Waals surface area contributed by atoms with Crippen LogP contribution in [-0.4, -0.2) is 31.7 Å². The lowest BCUT2D eigenvalue weighted by Gasteiger charge is -2.00. The van der Waals surface area contributed by atoms with E-state index in [9.17, 15) is 4.79 Å². The predicted molar refractivity (Wildman–Crippen MR) is 126 cm³/mol. The highest BCUT2D eigenvalue weighted by Gasteiger charge is 2.13. The van der Waals surface area contributed by atoms with Crippen molar-refractivity contribution >= 4 is 28.6 Å². The van der Waals surface area contributed by atoms with E-state index >= 15 is 0 Å². The lowest BCUT2D eigenvalue weighted by atomic mass is 10.1. The molecule has 0 aliphatic carbocycles. The summed E-state index contributed by atoms with van der Waals surface area (Å²) in [6, 6.07) is 21.5. The fourth-order valence-electron chi connectivity index (χ4n) is 3.37. The standard InChI is InChI=1S/C25H20N4O2S/c1-15-3-6-17(7-4-15)22(30)14-32-25-29-28-24(31-25)19-10-8-18(9-11-19)23-26-20-12-5-16(2)13-21(20)27-23/h3-13H,14H2,1-2H3,(H,26,27). The van der Waals surface area contributed by atoms with Crippen LogP contribution in [0, 0.1) is 13.8 Å². The van der Waals surface area contributed by atoms with Crippen LogP contribution in [0.15, 0.2) is 76.4 Å². The van der Waals surface area contributed by atoms with Crippen molar-refractivity contribution in [2.24, 2.45) is 0 Å². The van der Waals surface area contributed by atoms with Crippen LogP contribution in [0.5, 0.6) is 0 Å². The molecular formula is C25H20N4O2S. The van der Waals surface area contributed by atoms with E-state index in [0.29, 0.717) is 16.7 Å². The molecule has 0 saturated heterocycles. The van der Waals surface area contributed by atoms with Crippen LogP contribution in [0.3, 0.4) is 0 Å². The highest BCUT2D eigenvalue weighted by atomic mass is 32.2. The number of fused-ring (bicyclic) bond motifs is 1. The van der Waals surface area contributed by atoms with Gasteiger partial charge < -0.3 is 9.40 Å². The number of ketones is 1. The lowest BCUT2D eigenvalue weighted by molar-refractivity contribution is 0.102. The molecule has 0 spiro atoms. The maximum Gasteiger partial charge on any atom is 0.277 e. The number of Topliss-reactive ketones (excluding diaryl/α,β-unsaturated/α-hetero) is 1. The third-order valence-electron chi connectivity index (χ3n) is 5.15. The molecule has 5 aromatic rings. The van der Waals surface area contributed by atoms with Crippen molar-refractivity contribution in [1.29, 1.82) is 0 Å². The van der Waals surface area contributed by atoms with Gasteiger partial charge >= 0.3 is 0 Å². The second-order valence-electron chi connectivity index (χ2n) is 7.63. The zero-order valence-electron chi connectivity index (χ0n) is 17.6. The first-order valence-electron chi connectivity index (χ1n) is 10.2. The molecule has 2 heterocycles. The van der Waals surface area contributed by atoms with E-state index in [1.165, 1.54) is 17.3 Å². The Morgan fingerprint density at radius 3 is 2.41 bits per heavy atom. The summed E-state index contributed by atoms with van der Waals surface area (Å²) in [5.74, 6) is 1.51. The quantitative estimate of drug-likeness (QED) is 0.262. The first-order valence-corrected chi connectivity index (χ1v) is 11.2. The molecule has 0 aliphatic rings. The van der Waals surface area contributed by atoms with Crippen molar-refractivity contribution in [2.75, 3.05) is 5.75 Å². The minimum Gasteiger partial charge on any atom is -0.411 e. The number of nitrogens with one attached hydrogen (secondary N) is 1. The number of carbonyl (C=O) groups is 1. The van der Waals surface area contributed by atoms with Crippen LogP contribution in [0.2, 0.25) is 0 Å². The van der Waals surface area contributed by atoms with Crippen LogP contribution in [0.25, 0.3) is 33.9 Å². The summed E-state index contributed by atoms with van der Waals surface area (Å²) in [6.07, 6.45) is 0. The minimum atomic E-state index is 0.0279. The van der Waals surface area contributed by atoms with Gasteiger partial charge in [-0.2, -0.15) is 0 Å². The molecule has 3 aromatic carbocycles. The van der Waals surface area contributed by atoms with Crippen molar-refractivity contribution < 1.29 is 9.21 Å². The van der Waals surface area contributed by atoms with E-state index in [1.807, 2.05) is 61.5 Å². The normalized spacial score (nSPS) is 11.2. The molecule has 0 amide bonds. The molecule has 0 fully saturated rings. The van der Waals surface area contributed by atoms with Crippen LogP contribution in [-0.2, 0) is 0 Å². The predicted octanol–water partition coefficient (Wildman–Crippen LogP) is 5.87. The van der Waals surface area contributed by atoms with Gasteiger partial charge in [-0.15, -0.1) is 10.2 Å². The van der Waals surface area contributed by atoms with Crippen molar-refractivity contribution in [3.05, 3.63) is 83.4 Å². The number of hydrogen-bond donors (Lipinski definition) is 1. The first-order chi connectivity index (χ1) is 15.5. The summed E-state index contributed by atoms with van der Waals surface area (Å²) in [7, 11) is 0. The van der Waals surface area contributed by atoms with E-state index in [-0.39, 0.29) is 11.5 Å². The number of aryl methyl sites for hydroxylation is 2. The van der Waals surface area contributed by atoms with Gasteiger partial charge in [0.15, 0.2) is 5.78 Å². The van der Waals surface area contributed by atoms with Gasteiger partial charge in [0.05, 0.1) is 16.8 Å². The molecule has 0 bridgehead atoms. The SMILES string of the molecule is Cc1ccc(C(=O)CSc2nnc(-c3ccc(-c4nc5ccc(C)cc5[nH]4)cc3)o2)cc1. The van der Waals surface area contributed by atoms with E-state index in [0.717, 1.165) is 33.5 Å². The monoisotopic (exact) mass is 440 g/mol. The van der Waals surface area contributed by atoms with Gasteiger partial charge in [-0.25, -0.2) is 4.98 Å². The van der Waals surface area contributed by atoms with Crippen molar-refractivity contribution in [3.63, 3.8) is 0 Å². The first kappa shape index (κ1) is 20.2. The van der Waals surface area contributed by atoms with Crippen LogP contribution >= 0.6 is 11.8 Å². The Bertz CT molecular complexity index is 1400. The highest BCUT2D eigenvalue weighted by Crippen LogP contribution is 2.27. The zero-order chi connectivity index (χ0) is 22.1. The summed E-state index contributed by atoms with van der Waals surface area (Å²) in [5.41, 5.74) is 6.73. The summed E-state index contributed by atoms with van der Waals surface area (Å²) in [4.78, 5) is 20.4. The van der Waals surface area contributed by atoms with Gasteiger partial charge in [0.2, 0.25) is 5.89 Å². The molecule has 0 radical (unpaired) electrons. The number of hydrogen-bond acceptors (Lipinski definition) is 6. The number of imidazole rings is 1. The molecule has 6 nitrogen and oxygen atoms in total. The second-order valence-corrected chi connectivity index (χ2v) is 8.56. The summed E-state index contributed by atoms with van der Waals surface area (Å²) in [5, 5.41) is 8.56. The average molecular weight is 441 g/mol. The summed E-state index contributed by atoms with van der Waals surface area (Å²) in [6.45, 7) is 4.05. The van der Waals surface area contributed by atoms with E-state index in [1.54, 1.807) is 0 Å². The number of carbonyl (C=O) groups excluding carboxylic acids is 1. The van der Waals surface area contributed by atoms with Crippen LogP contribution in [0.1, 0.15) is 21.5 Å². The smallest absolute Gasteiger partial charge is 0.277 e. The molecule has 32 heavy (non-hydrogen) atoms. The summed E-state index contributed by atoms with van der Waals surface area (Å²) >= 11 is 1.24. The van der Waals surface area contributed by atoms with Gasteiger partial charge in [0, 0.05) is 16.7 Å². The minimum absolute atomic E-state index is 0.0279. The Morgan fingerprint density at radius 2 is 1.62 bits per heavy atom. The van der Waals surface area contributed by atoms with Crippen LogP contribution < -0.4 is 0 Å². The van der Waals surface area contributed by atoms with Gasteiger partial charge in [0.1, 0.15) is 5.82 Å². The van der Waals surface area contributed by atoms with Gasteiger partial charge in [-0.1, -0.05) is 59.8 Å². The molecular weight excluding hydrogens is 420 g/mol. The zero-order valence-corrected chi connectivity index (χ0v) is 18.4. The highest BCUT2D eigenvalue weighted by molar-refractivity contribution is 7.99. The molecule has 2 aromatic heterocycles. The van der Waals surface area contributed by atoms with E-state index in [2.05, 4.69) is 39.2 Å². The largest absolute Gasteiger partial charge is 0.411 e. The van der Waals surface area contributed by atoms with Crippen molar-refractivity contribution in [1.82, 2.24) is 20.2 Å². The third-order valence-corrected chi connectivity index (χ3v) is 5.97. The number of aromatic amines is 1. The number of nitrogens with zero attached hydrogens (tertiary/aromatic N) is 3. The molecule has 0 aliphatic heterocycles. The van der Waals surface area contributed by atoms with Gasteiger partial charge in [-0.3, -0.25) is 4.79 Å². The van der Waals surface area contributed by atoms with E-state index < -0.39 is 0 Å². The van der Waals surface area contributed by atoms with Gasteiger partial charge in [0.25, 0.3) is 5.22 Å². The molecule has 158 valence electrons. The van der Waals surface area contributed by atoms with E-state index in [4.69, 9.17) is 4.42 Å². The molecule has 0 atom stereocenters. The molecule has 1 N–H and O–H groups in total. The topological polar surface area (TPSA) is 84.7 Å². The average Bonchev–Trinajstić information content (AvgIpc) is 3.45.